The Morgan fingerprint density at radius 2 is 1.48 bits per heavy atom. The lowest BCUT2D eigenvalue weighted by atomic mass is 9.55. The molecule has 4 aliphatic rings. The molecule has 27 heavy (non-hydrogen) atoms. The second-order valence-corrected chi connectivity index (χ2v) is 9.46. The van der Waals surface area contributed by atoms with Crippen molar-refractivity contribution in [1.29, 1.82) is 0 Å². The van der Waals surface area contributed by atoms with Gasteiger partial charge >= 0.3 is 17.9 Å². The van der Waals surface area contributed by atoms with Gasteiger partial charge in [-0.1, -0.05) is 13.8 Å². The molecule has 0 N–H and O–H groups in total. The number of hydrogen-bond acceptors (Lipinski definition) is 4. The van der Waals surface area contributed by atoms with E-state index in [2.05, 4.69) is 0 Å². The average molecular weight is 386 g/mol. The average Bonchev–Trinajstić information content (AvgIpc) is 2.61. The quantitative estimate of drug-likeness (QED) is 0.593. The lowest BCUT2D eigenvalue weighted by Crippen LogP contribution is -2.53. The largest absolute Gasteiger partial charge is 0.457 e. The van der Waals surface area contributed by atoms with Crippen LogP contribution in [0.3, 0.4) is 0 Å². The topological polar surface area (TPSA) is 52.6 Å². The zero-order chi connectivity index (χ0) is 20.0. The highest BCUT2D eigenvalue weighted by Crippen LogP contribution is 2.55. The first-order valence-electron chi connectivity index (χ1n) is 10.4. The van der Waals surface area contributed by atoms with Gasteiger partial charge in [0.2, 0.25) is 0 Å². The minimum absolute atomic E-state index is 0.144. The maximum Gasteiger partial charge on any atom is 0.381 e. The van der Waals surface area contributed by atoms with Crippen LogP contribution in [0, 0.1) is 29.1 Å². The van der Waals surface area contributed by atoms with Crippen LogP contribution in [0.4, 0.5) is 8.78 Å². The highest BCUT2D eigenvalue weighted by molar-refractivity contribution is 5.80. The zero-order valence-electron chi connectivity index (χ0n) is 16.8. The lowest BCUT2D eigenvalue weighted by molar-refractivity contribution is -0.216. The van der Waals surface area contributed by atoms with Crippen molar-refractivity contribution < 1.29 is 27.8 Å². The van der Waals surface area contributed by atoms with E-state index in [1.54, 1.807) is 20.8 Å². The van der Waals surface area contributed by atoms with E-state index < -0.39 is 35.5 Å². The van der Waals surface area contributed by atoms with Crippen molar-refractivity contribution in [1.82, 2.24) is 0 Å². The standard InChI is InChI=1S/C21H32F2O4/c1-5-16(26-18(24)20(3,4)6-2)21(22,23)19(25)27-17-14-8-12-7-13(10-14)11-15(17)9-12/h12-17H,5-11H2,1-4H3. The molecule has 0 radical (unpaired) electrons. The fourth-order valence-electron chi connectivity index (χ4n) is 5.25. The predicted molar refractivity (Wildman–Crippen MR) is 96.1 cm³/mol. The van der Waals surface area contributed by atoms with Crippen molar-refractivity contribution in [3.8, 4) is 0 Å². The first-order valence-corrected chi connectivity index (χ1v) is 10.4. The fourth-order valence-corrected chi connectivity index (χ4v) is 5.25. The molecule has 4 nitrogen and oxygen atoms in total. The Hall–Kier alpha value is -1.20. The third-order valence-corrected chi connectivity index (χ3v) is 7.12. The van der Waals surface area contributed by atoms with Gasteiger partial charge in [-0.05, 0) is 82.5 Å². The van der Waals surface area contributed by atoms with E-state index in [-0.39, 0.29) is 18.3 Å². The Morgan fingerprint density at radius 3 is 1.93 bits per heavy atom. The summed E-state index contributed by atoms with van der Waals surface area (Å²) in [5, 5.41) is 0. The molecule has 154 valence electrons. The summed E-state index contributed by atoms with van der Waals surface area (Å²) in [5.41, 5.74) is -0.866. The van der Waals surface area contributed by atoms with E-state index in [0.717, 1.165) is 25.7 Å². The molecule has 4 fully saturated rings. The van der Waals surface area contributed by atoms with Crippen molar-refractivity contribution in [3.05, 3.63) is 0 Å². The van der Waals surface area contributed by atoms with Gasteiger partial charge in [0.25, 0.3) is 0 Å². The summed E-state index contributed by atoms with van der Waals surface area (Å²) >= 11 is 0. The number of carbonyl (C=O) groups excluding carboxylic acids is 2. The van der Waals surface area contributed by atoms with Crippen molar-refractivity contribution >= 4 is 11.9 Å². The van der Waals surface area contributed by atoms with Crippen LogP contribution in [0.1, 0.15) is 72.6 Å². The summed E-state index contributed by atoms with van der Waals surface area (Å²) < 4.78 is 40.0. The van der Waals surface area contributed by atoms with Crippen LogP contribution >= 0.6 is 0 Å². The Morgan fingerprint density at radius 1 is 0.963 bits per heavy atom. The summed E-state index contributed by atoms with van der Waals surface area (Å²) in [6, 6.07) is 0. The fraction of sp³-hybridized carbons (Fsp3) is 0.905. The van der Waals surface area contributed by atoms with Crippen LogP contribution in [-0.2, 0) is 19.1 Å². The molecule has 0 spiro atoms. The van der Waals surface area contributed by atoms with Gasteiger partial charge in [0.05, 0.1) is 5.41 Å². The number of ether oxygens (including phenoxy) is 2. The molecule has 0 amide bonds. The van der Waals surface area contributed by atoms with Gasteiger partial charge in [-0.2, -0.15) is 8.78 Å². The molecule has 4 bridgehead atoms. The molecule has 4 rings (SSSR count). The third-order valence-electron chi connectivity index (χ3n) is 7.12. The minimum atomic E-state index is -3.83. The molecular weight excluding hydrogens is 354 g/mol. The molecule has 0 aromatic carbocycles. The van der Waals surface area contributed by atoms with Crippen molar-refractivity contribution in [3.63, 3.8) is 0 Å². The molecule has 1 atom stereocenters. The van der Waals surface area contributed by atoms with Gasteiger partial charge in [0.1, 0.15) is 6.10 Å². The summed E-state index contributed by atoms with van der Waals surface area (Å²) in [4.78, 5) is 24.6. The highest BCUT2D eigenvalue weighted by Gasteiger charge is 2.55. The van der Waals surface area contributed by atoms with E-state index in [1.165, 1.54) is 13.3 Å². The van der Waals surface area contributed by atoms with E-state index in [1.807, 2.05) is 0 Å². The Labute approximate surface area is 160 Å². The zero-order valence-corrected chi connectivity index (χ0v) is 16.8. The van der Waals surface area contributed by atoms with Crippen molar-refractivity contribution in [2.24, 2.45) is 29.1 Å². The van der Waals surface area contributed by atoms with E-state index in [4.69, 9.17) is 9.47 Å². The van der Waals surface area contributed by atoms with Gasteiger partial charge < -0.3 is 9.47 Å². The van der Waals surface area contributed by atoms with Crippen LogP contribution in [0.25, 0.3) is 0 Å². The smallest absolute Gasteiger partial charge is 0.381 e. The SMILES string of the molecule is CCC(OC(=O)C(C)(C)CC)C(F)(F)C(=O)OC1C2CC3CC(C2)CC1C3. The van der Waals surface area contributed by atoms with Crippen LogP contribution in [-0.4, -0.2) is 30.1 Å². The number of alkyl halides is 2. The molecule has 6 heteroatoms. The highest BCUT2D eigenvalue weighted by atomic mass is 19.3. The minimum Gasteiger partial charge on any atom is -0.457 e. The number of esters is 2. The molecular formula is C21H32F2O4. The van der Waals surface area contributed by atoms with Gasteiger partial charge in [-0.3, -0.25) is 4.79 Å². The Kier molecular flexibility index (Phi) is 5.57. The maximum atomic E-state index is 14.8. The predicted octanol–water partition coefficient (Wildman–Crippen LogP) is 4.75. The maximum absolute atomic E-state index is 14.8. The number of carbonyl (C=O) groups is 2. The lowest BCUT2D eigenvalue weighted by Gasteiger charge is -2.53. The Bertz CT molecular complexity index is 559. The molecule has 0 aromatic heterocycles. The van der Waals surface area contributed by atoms with Crippen LogP contribution < -0.4 is 0 Å². The van der Waals surface area contributed by atoms with Crippen molar-refractivity contribution in [2.75, 3.05) is 0 Å². The van der Waals surface area contributed by atoms with Crippen LogP contribution in [0.15, 0.2) is 0 Å². The monoisotopic (exact) mass is 386 g/mol. The Balaban J connectivity index is 1.66. The third kappa shape index (κ3) is 3.86. The molecule has 0 heterocycles. The first-order chi connectivity index (χ1) is 12.6. The van der Waals surface area contributed by atoms with Gasteiger partial charge in [-0.25, -0.2) is 4.79 Å². The van der Waals surface area contributed by atoms with Gasteiger partial charge in [0.15, 0.2) is 6.10 Å². The van der Waals surface area contributed by atoms with Gasteiger partial charge in [-0.15, -0.1) is 0 Å². The first kappa shape index (κ1) is 20.5. The van der Waals surface area contributed by atoms with Crippen molar-refractivity contribution in [2.45, 2.75) is 90.8 Å². The van der Waals surface area contributed by atoms with E-state index in [9.17, 15) is 18.4 Å². The summed E-state index contributed by atoms with van der Waals surface area (Å²) in [6.45, 7) is 6.57. The summed E-state index contributed by atoms with van der Waals surface area (Å²) in [5.74, 6) is -4.31. The van der Waals surface area contributed by atoms with Gasteiger partial charge in [0, 0.05) is 0 Å². The van der Waals surface area contributed by atoms with Crippen LogP contribution in [0.5, 0.6) is 0 Å². The number of hydrogen-bond donors (Lipinski definition) is 0. The molecule has 1 unspecified atom stereocenters. The number of rotatable bonds is 7. The normalized spacial score (nSPS) is 33.6. The molecule has 0 saturated heterocycles. The number of halogens is 2. The molecule has 0 aliphatic heterocycles. The second kappa shape index (κ2) is 7.32. The summed E-state index contributed by atoms with van der Waals surface area (Å²) in [6.07, 6.45) is 3.28. The second-order valence-electron chi connectivity index (χ2n) is 9.46. The van der Waals surface area contributed by atoms with Crippen LogP contribution in [0.2, 0.25) is 0 Å². The molecule has 0 aromatic rings. The summed E-state index contributed by atoms with van der Waals surface area (Å²) in [7, 11) is 0. The molecule has 4 aliphatic carbocycles. The van der Waals surface area contributed by atoms with E-state index in [0.29, 0.717) is 18.3 Å². The van der Waals surface area contributed by atoms with E-state index >= 15 is 0 Å². The molecule has 4 saturated carbocycles.